The average molecular weight is 479 g/mol. The number of hydrogen-bond acceptors (Lipinski definition) is 5. The molecule has 1 fully saturated rings. The highest BCUT2D eigenvalue weighted by Gasteiger charge is 2.26. The molecule has 8 nitrogen and oxygen atoms in total. The van der Waals surface area contributed by atoms with Gasteiger partial charge in [-0.15, -0.1) is 0 Å². The molecule has 1 aliphatic heterocycles. The molecule has 0 saturated carbocycles. The Morgan fingerprint density at radius 3 is 2.21 bits per heavy atom. The number of halogens is 1. The predicted octanol–water partition coefficient (Wildman–Crippen LogP) is 3.99. The van der Waals surface area contributed by atoms with Crippen LogP contribution < -0.4 is 10.2 Å². The molecular formula is C25H23ClN4O4. The molecule has 1 heterocycles. The fourth-order valence-corrected chi connectivity index (χ4v) is 4.09. The molecule has 0 aliphatic carbocycles. The molecule has 1 N–H and O–H groups in total. The highest BCUT2D eigenvalue weighted by Crippen LogP contribution is 2.31. The van der Waals surface area contributed by atoms with Crippen LogP contribution in [-0.4, -0.2) is 54.4 Å². The van der Waals surface area contributed by atoms with Crippen LogP contribution in [0.4, 0.5) is 11.4 Å². The molecule has 3 aromatic rings. The van der Waals surface area contributed by atoms with Crippen LogP contribution in [0.15, 0.2) is 72.8 Å². The Hall–Kier alpha value is -3.91. The third-order valence-electron chi connectivity index (χ3n) is 5.76. The van der Waals surface area contributed by atoms with Crippen molar-refractivity contribution >= 4 is 34.8 Å². The molecule has 3 aromatic carbocycles. The summed E-state index contributed by atoms with van der Waals surface area (Å²) in [5.41, 5.74) is 2.97. The number of nitro groups is 1. The number of carbonyl (C=O) groups excluding carboxylic acids is 2. The van der Waals surface area contributed by atoms with E-state index in [2.05, 4.69) is 5.32 Å². The van der Waals surface area contributed by atoms with E-state index >= 15 is 0 Å². The second-order valence-corrected chi connectivity index (χ2v) is 8.32. The molecule has 4 rings (SSSR count). The molecule has 0 bridgehead atoms. The normalized spacial score (nSPS) is 13.4. The second kappa shape index (κ2) is 10.4. The van der Waals surface area contributed by atoms with Crippen LogP contribution >= 0.6 is 11.6 Å². The summed E-state index contributed by atoms with van der Waals surface area (Å²) in [5, 5.41) is 14.3. The Balaban J connectivity index is 1.29. The van der Waals surface area contributed by atoms with Crippen molar-refractivity contribution < 1.29 is 14.5 Å². The first-order valence-electron chi connectivity index (χ1n) is 10.8. The van der Waals surface area contributed by atoms with Gasteiger partial charge in [-0.2, -0.15) is 0 Å². The van der Waals surface area contributed by atoms with Crippen molar-refractivity contribution in [1.82, 2.24) is 10.2 Å². The molecule has 0 aromatic heterocycles. The van der Waals surface area contributed by atoms with Crippen LogP contribution in [0, 0.1) is 10.1 Å². The van der Waals surface area contributed by atoms with Gasteiger partial charge in [0.15, 0.2) is 0 Å². The number of carbonyl (C=O) groups is 2. The number of amides is 2. The quantitative estimate of drug-likeness (QED) is 0.427. The number of nitrogens with zero attached hydrogens (tertiary/aromatic N) is 3. The number of piperazine rings is 1. The number of benzene rings is 3. The third kappa shape index (κ3) is 5.35. The molecule has 0 atom stereocenters. The fraction of sp³-hybridized carbons (Fsp3) is 0.200. The summed E-state index contributed by atoms with van der Waals surface area (Å²) in [6, 6.07) is 21.7. The van der Waals surface area contributed by atoms with Crippen molar-refractivity contribution in [3.8, 4) is 11.1 Å². The van der Waals surface area contributed by atoms with Gasteiger partial charge in [-0.3, -0.25) is 19.7 Å². The van der Waals surface area contributed by atoms with Gasteiger partial charge in [0.2, 0.25) is 5.91 Å². The number of nitrogens with one attached hydrogen (secondary N) is 1. The average Bonchev–Trinajstić information content (AvgIpc) is 2.87. The molecule has 2 amide bonds. The molecule has 0 unspecified atom stereocenters. The largest absolute Gasteiger partial charge is 0.362 e. The maximum atomic E-state index is 12.6. The van der Waals surface area contributed by atoms with Gasteiger partial charge in [-0.25, -0.2) is 0 Å². The first-order chi connectivity index (χ1) is 16.4. The molecule has 34 heavy (non-hydrogen) atoms. The highest BCUT2D eigenvalue weighted by molar-refractivity contribution is 6.30. The van der Waals surface area contributed by atoms with Gasteiger partial charge in [0.1, 0.15) is 5.69 Å². The van der Waals surface area contributed by atoms with Gasteiger partial charge in [0.05, 0.1) is 11.5 Å². The Labute approximate surface area is 201 Å². The van der Waals surface area contributed by atoms with Crippen LogP contribution in [-0.2, 0) is 4.79 Å². The predicted molar refractivity (Wildman–Crippen MR) is 131 cm³/mol. The maximum absolute atomic E-state index is 12.6. The third-order valence-corrected chi connectivity index (χ3v) is 6.00. The van der Waals surface area contributed by atoms with Gasteiger partial charge in [-0.05, 0) is 35.4 Å². The number of rotatable bonds is 6. The van der Waals surface area contributed by atoms with E-state index in [0.29, 0.717) is 42.5 Å². The van der Waals surface area contributed by atoms with E-state index in [1.807, 2.05) is 47.4 Å². The molecular weight excluding hydrogens is 456 g/mol. The summed E-state index contributed by atoms with van der Waals surface area (Å²) in [6.07, 6.45) is 0. The van der Waals surface area contributed by atoms with Crippen LogP contribution in [0.5, 0.6) is 0 Å². The standard InChI is InChI=1S/C25H23ClN4O4/c26-21-10-11-22(23(16-21)30(33)34)28-12-14-29(15-13-28)24(31)17-27-25(32)20-8-6-19(7-9-20)18-4-2-1-3-5-18/h1-11,16H,12-15,17H2,(H,27,32). The lowest BCUT2D eigenvalue weighted by atomic mass is 10.0. The number of hydrogen-bond donors (Lipinski definition) is 1. The SMILES string of the molecule is O=C(NCC(=O)N1CCN(c2ccc(Cl)cc2[N+](=O)[O-])CC1)c1ccc(-c2ccccc2)cc1. The molecule has 0 spiro atoms. The van der Waals surface area contributed by atoms with Crippen molar-refractivity contribution in [3.05, 3.63) is 93.5 Å². The van der Waals surface area contributed by atoms with Crippen LogP contribution in [0.2, 0.25) is 5.02 Å². The van der Waals surface area contributed by atoms with Gasteiger partial charge >= 0.3 is 0 Å². The van der Waals surface area contributed by atoms with E-state index < -0.39 is 4.92 Å². The van der Waals surface area contributed by atoms with E-state index in [-0.39, 0.29) is 24.0 Å². The monoisotopic (exact) mass is 478 g/mol. The number of nitro benzene ring substituents is 1. The minimum absolute atomic E-state index is 0.0576. The van der Waals surface area contributed by atoms with E-state index in [1.165, 1.54) is 6.07 Å². The van der Waals surface area contributed by atoms with Crippen molar-refractivity contribution in [2.45, 2.75) is 0 Å². The van der Waals surface area contributed by atoms with Gasteiger partial charge in [0.25, 0.3) is 11.6 Å². The molecule has 0 radical (unpaired) electrons. The van der Waals surface area contributed by atoms with Crippen LogP contribution in [0.25, 0.3) is 11.1 Å². The molecule has 1 saturated heterocycles. The Morgan fingerprint density at radius 2 is 1.56 bits per heavy atom. The van der Waals surface area contributed by atoms with Gasteiger partial charge < -0.3 is 15.1 Å². The second-order valence-electron chi connectivity index (χ2n) is 7.88. The van der Waals surface area contributed by atoms with Gasteiger partial charge in [0, 0.05) is 42.8 Å². The summed E-state index contributed by atoms with van der Waals surface area (Å²) < 4.78 is 0. The molecule has 9 heteroatoms. The lowest BCUT2D eigenvalue weighted by Crippen LogP contribution is -2.51. The van der Waals surface area contributed by atoms with E-state index in [1.54, 1.807) is 29.2 Å². The zero-order chi connectivity index (χ0) is 24.1. The smallest absolute Gasteiger partial charge is 0.294 e. The van der Waals surface area contributed by atoms with E-state index in [4.69, 9.17) is 11.6 Å². The first kappa shape index (κ1) is 23.3. The summed E-state index contributed by atoms with van der Waals surface area (Å²) in [7, 11) is 0. The first-order valence-corrected chi connectivity index (χ1v) is 11.2. The topological polar surface area (TPSA) is 95.8 Å². The lowest BCUT2D eigenvalue weighted by molar-refractivity contribution is -0.384. The molecule has 174 valence electrons. The number of anilines is 1. The van der Waals surface area contributed by atoms with Crippen molar-refractivity contribution in [2.75, 3.05) is 37.6 Å². The Kier molecular flexibility index (Phi) is 7.08. The summed E-state index contributed by atoms with van der Waals surface area (Å²) in [5.74, 6) is -0.511. The summed E-state index contributed by atoms with van der Waals surface area (Å²) in [6.45, 7) is 1.59. The zero-order valence-electron chi connectivity index (χ0n) is 18.3. The minimum atomic E-state index is -0.458. The summed E-state index contributed by atoms with van der Waals surface area (Å²) in [4.78, 5) is 39.5. The van der Waals surface area contributed by atoms with Crippen molar-refractivity contribution in [1.29, 1.82) is 0 Å². The lowest BCUT2D eigenvalue weighted by Gasteiger charge is -2.35. The van der Waals surface area contributed by atoms with E-state index in [9.17, 15) is 19.7 Å². The molecule has 1 aliphatic rings. The van der Waals surface area contributed by atoms with Crippen LogP contribution in [0.1, 0.15) is 10.4 Å². The Bertz CT molecular complexity index is 1190. The van der Waals surface area contributed by atoms with Crippen molar-refractivity contribution in [3.63, 3.8) is 0 Å². The van der Waals surface area contributed by atoms with Gasteiger partial charge in [-0.1, -0.05) is 54.1 Å². The zero-order valence-corrected chi connectivity index (χ0v) is 19.1. The highest BCUT2D eigenvalue weighted by atomic mass is 35.5. The maximum Gasteiger partial charge on any atom is 0.294 e. The summed E-state index contributed by atoms with van der Waals surface area (Å²) >= 11 is 5.89. The Morgan fingerprint density at radius 1 is 0.912 bits per heavy atom. The van der Waals surface area contributed by atoms with E-state index in [0.717, 1.165) is 11.1 Å². The van der Waals surface area contributed by atoms with Crippen LogP contribution in [0.3, 0.4) is 0 Å². The fourth-order valence-electron chi connectivity index (χ4n) is 3.92. The van der Waals surface area contributed by atoms with Crippen molar-refractivity contribution in [2.24, 2.45) is 0 Å². The minimum Gasteiger partial charge on any atom is -0.362 e.